The SMILES string of the molecule is CC(C)c1cccc(N(c2cccc(-c3cccc4c3oc3ccccc34)c2)c2c3ccccc3c(N(c3cccc(-c4cccc5c4oc4ccccc45)c3)c3cccc(C(C)C)c3)c3cc4ccccc4cc23)c1.Cc1cccc(N(c2cccc(-c3cccc4c3oc3ccccc34)c2)c2c3ccccc3c(N(c3cccc(C)c3)c3cccc(-c4cccc5c4oc4ccccc45)c3)c3cc4ccccc4cc23)c1. The van der Waals surface area contributed by atoms with Crippen molar-refractivity contribution in [1.29, 1.82) is 0 Å². The minimum absolute atomic E-state index is 0.323. The number of nitrogens with zero attached hydrogens (tertiary/aromatic N) is 4. The van der Waals surface area contributed by atoms with Crippen LogP contribution in [0.5, 0.6) is 0 Å². The molecule has 4 aromatic heterocycles. The van der Waals surface area contributed by atoms with Crippen LogP contribution in [0.2, 0.25) is 0 Å². The van der Waals surface area contributed by atoms with Gasteiger partial charge in [0.05, 0.1) is 22.7 Å². The van der Waals surface area contributed by atoms with Gasteiger partial charge < -0.3 is 37.3 Å². The van der Waals surface area contributed by atoms with Crippen LogP contribution < -0.4 is 19.6 Å². The summed E-state index contributed by atoms with van der Waals surface area (Å²) in [6.07, 6.45) is 0. The van der Waals surface area contributed by atoms with Crippen LogP contribution in [0.25, 0.3) is 197 Å². The molecule has 0 saturated carbocycles. The Kier molecular flexibility index (Phi) is 21.6. The third kappa shape index (κ3) is 15.2. The first-order valence-corrected chi connectivity index (χ1v) is 51.2. The van der Waals surface area contributed by atoms with Crippen LogP contribution in [0.3, 0.4) is 0 Å². The van der Waals surface area contributed by atoms with Crippen LogP contribution >= 0.6 is 0 Å². The molecular formula is C140H100N4O4. The third-order valence-electron chi connectivity index (χ3n) is 29.9. The summed E-state index contributed by atoms with van der Waals surface area (Å²) in [6, 6.07) is 176. The van der Waals surface area contributed by atoms with Gasteiger partial charge in [-0.1, -0.05) is 367 Å². The number of fused-ring (bicyclic) bond motifs is 18. The van der Waals surface area contributed by atoms with Crippen molar-refractivity contribution in [3.05, 3.63) is 508 Å². The Labute approximate surface area is 857 Å². The molecule has 28 rings (SSSR count). The number of benzene rings is 24. The van der Waals surface area contributed by atoms with Crippen LogP contribution in [-0.2, 0) is 0 Å². The standard InChI is InChI=1S/C72H54N2O2.C68H46N2O2/c1-45(2)47-21-13-25-53(39-47)73(55-27-15-23-51(41-55)57-33-17-35-63-59-29-9-11-37-67(59)75-71(57)63)69-61-31-7-8-32-62(61)70(66-44-50-20-6-5-19-49(50)43-65(66)69)74(54-26-14-22-48(40-54)46(3)4)56-28-16-24-52(42-56)58-34-18-36-64-60-30-10-12-38-68(60)76-72(58)64;1-43-17-11-23-49(37-43)69(51-25-13-21-47(39-51)53-31-15-33-59-55-27-7-9-35-63(55)71-67(53)59)65-57-29-5-6-30-58(57)66(62-42-46-20-4-3-19-45(46)41-61(62)65)70(50-24-12-18-44(2)38-50)52-26-14-22-48(40-52)54-32-16-34-60-56-28-8-10-36-64(56)72-68(54)60/h5-46H,1-4H3;3-42H,1-2H3. The largest absolute Gasteiger partial charge is 0.455 e. The van der Waals surface area contributed by atoms with Crippen molar-refractivity contribution in [3.63, 3.8) is 0 Å². The molecule has 0 atom stereocenters. The summed E-state index contributed by atoms with van der Waals surface area (Å²) >= 11 is 0. The van der Waals surface area contributed by atoms with Crippen molar-refractivity contribution in [1.82, 2.24) is 0 Å². The van der Waals surface area contributed by atoms with Gasteiger partial charge in [-0.3, -0.25) is 0 Å². The van der Waals surface area contributed by atoms with E-state index in [2.05, 4.69) is 522 Å². The first-order valence-electron chi connectivity index (χ1n) is 51.2. The van der Waals surface area contributed by atoms with E-state index in [1.807, 2.05) is 24.3 Å². The van der Waals surface area contributed by atoms with Crippen LogP contribution in [0.1, 0.15) is 61.8 Å². The normalized spacial score (nSPS) is 11.8. The molecule has 0 N–H and O–H groups in total. The van der Waals surface area contributed by atoms with Crippen molar-refractivity contribution >= 4 is 221 Å². The number of aryl methyl sites for hydroxylation is 2. The molecule has 0 amide bonds. The predicted octanol–water partition coefficient (Wildman–Crippen LogP) is 41.3. The van der Waals surface area contributed by atoms with E-state index in [0.717, 1.165) is 244 Å². The molecule has 0 unspecified atom stereocenters. The average Bonchev–Trinajstić information content (AvgIpc) is 0.944. The number of hydrogen-bond donors (Lipinski definition) is 0. The molecule has 0 saturated heterocycles. The molecular weight excluding hydrogens is 1800 g/mol. The maximum absolute atomic E-state index is 6.68. The molecule has 0 fully saturated rings. The van der Waals surface area contributed by atoms with E-state index in [4.69, 9.17) is 17.7 Å². The lowest BCUT2D eigenvalue weighted by molar-refractivity contribution is 0.669. The van der Waals surface area contributed by atoms with E-state index >= 15 is 0 Å². The lowest BCUT2D eigenvalue weighted by atomic mass is 9.92. The van der Waals surface area contributed by atoms with Crippen molar-refractivity contribution < 1.29 is 17.7 Å². The second-order valence-corrected chi connectivity index (χ2v) is 39.8. The lowest BCUT2D eigenvalue weighted by Crippen LogP contribution is -2.15. The number of furan rings is 4. The predicted molar refractivity (Wildman–Crippen MR) is 625 cm³/mol. The molecule has 4 heterocycles. The summed E-state index contributed by atoms with van der Waals surface area (Å²) in [5, 5.41) is 22.7. The van der Waals surface area contributed by atoms with Gasteiger partial charge in [-0.15, -0.1) is 0 Å². The minimum Gasteiger partial charge on any atom is -0.455 e. The molecule has 704 valence electrons. The van der Waals surface area contributed by atoms with Gasteiger partial charge in [0.25, 0.3) is 0 Å². The molecule has 0 aliphatic carbocycles. The van der Waals surface area contributed by atoms with Crippen molar-refractivity contribution in [3.8, 4) is 44.5 Å². The highest BCUT2D eigenvalue weighted by Crippen LogP contribution is 2.58. The maximum Gasteiger partial charge on any atom is 0.143 e. The molecule has 0 aliphatic heterocycles. The number of para-hydroxylation sites is 8. The molecule has 28 aromatic rings. The quantitative estimate of drug-likeness (QED) is 0.0622. The van der Waals surface area contributed by atoms with E-state index in [1.54, 1.807) is 0 Å². The highest BCUT2D eigenvalue weighted by Gasteiger charge is 2.32. The zero-order valence-corrected chi connectivity index (χ0v) is 82.8. The Hall–Kier alpha value is -18.8. The number of rotatable bonds is 18. The fourth-order valence-electron chi connectivity index (χ4n) is 23.0. The summed E-state index contributed by atoms with van der Waals surface area (Å²) in [4.78, 5) is 9.97. The second-order valence-electron chi connectivity index (χ2n) is 39.8. The van der Waals surface area contributed by atoms with Gasteiger partial charge in [0.1, 0.15) is 44.7 Å². The van der Waals surface area contributed by atoms with Gasteiger partial charge >= 0.3 is 0 Å². The van der Waals surface area contributed by atoms with Crippen molar-refractivity contribution in [2.45, 2.75) is 53.4 Å². The summed E-state index contributed by atoms with van der Waals surface area (Å²) in [5.41, 5.74) is 33.5. The zero-order valence-electron chi connectivity index (χ0n) is 82.8. The molecule has 0 bridgehead atoms. The summed E-state index contributed by atoms with van der Waals surface area (Å²) in [7, 11) is 0. The van der Waals surface area contributed by atoms with E-state index in [-0.39, 0.29) is 0 Å². The van der Waals surface area contributed by atoms with Gasteiger partial charge in [0.15, 0.2) is 0 Å². The van der Waals surface area contributed by atoms with E-state index in [1.165, 1.54) is 43.8 Å². The topological polar surface area (TPSA) is 65.5 Å². The Morgan fingerprint density at radius 1 is 0.162 bits per heavy atom. The highest BCUT2D eigenvalue weighted by molar-refractivity contribution is 6.28. The zero-order chi connectivity index (χ0) is 98.9. The smallest absolute Gasteiger partial charge is 0.143 e. The van der Waals surface area contributed by atoms with Gasteiger partial charge in [0.2, 0.25) is 0 Å². The molecule has 0 aliphatic rings. The Morgan fingerprint density at radius 2 is 0.365 bits per heavy atom. The first-order chi connectivity index (χ1) is 72.9. The lowest BCUT2D eigenvalue weighted by Gasteiger charge is -2.33. The maximum atomic E-state index is 6.68. The molecule has 8 heteroatoms. The fourth-order valence-corrected chi connectivity index (χ4v) is 23.0. The first kappa shape index (κ1) is 88.2. The van der Waals surface area contributed by atoms with Gasteiger partial charge in [0, 0.05) is 154 Å². The Balaban J connectivity index is 0.000000146. The fraction of sp³-hybridized carbons (Fsp3) is 0.0571. The van der Waals surface area contributed by atoms with E-state index in [9.17, 15) is 0 Å². The molecule has 0 radical (unpaired) electrons. The summed E-state index contributed by atoms with van der Waals surface area (Å²) in [5.74, 6) is 0.645. The van der Waals surface area contributed by atoms with Gasteiger partial charge in [-0.25, -0.2) is 0 Å². The monoisotopic (exact) mass is 1900 g/mol. The number of anilines is 12. The second kappa shape index (κ2) is 36.3. The van der Waals surface area contributed by atoms with Crippen LogP contribution in [0.15, 0.2) is 503 Å². The van der Waals surface area contributed by atoms with Crippen LogP contribution in [0.4, 0.5) is 68.2 Å². The molecule has 24 aromatic carbocycles. The van der Waals surface area contributed by atoms with Gasteiger partial charge in [-0.2, -0.15) is 0 Å². The van der Waals surface area contributed by atoms with E-state index < -0.39 is 0 Å². The number of hydrogen-bond acceptors (Lipinski definition) is 8. The summed E-state index contributed by atoms with van der Waals surface area (Å²) < 4.78 is 26.6. The van der Waals surface area contributed by atoms with Gasteiger partial charge in [-0.05, 0) is 237 Å². The Morgan fingerprint density at radius 3 is 0.615 bits per heavy atom. The average molecular weight is 1900 g/mol. The van der Waals surface area contributed by atoms with Crippen LogP contribution in [-0.4, -0.2) is 0 Å². The molecule has 0 spiro atoms. The third-order valence-corrected chi connectivity index (χ3v) is 29.9. The van der Waals surface area contributed by atoms with Crippen LogP contribution in [0, 0.1) is 13.8 Å². The highest BCUT2D eigenvalue weighted by atomic mass is 16.3. The molecule has 148 heavy (non-hydrogen) atoms. The Bertz CT molecular complexity index is 9620. The summed E-state index contributed by atoms with van der Waals surface area (Å²) in [6.45, 7) is 13.5. The minimum atomic E-state index is 0.323. The molecule has 8 nitrogen and oxygen atoms in total. The van der Waals surface area contributed by atoms with E-state index in [0.29, 0.717) is 11.8 Å². The van der Waals surface area contributed by atoms with Crippen molar-refractivity contribution in [2.24, 2.45) is 0 Å². The van der Waals surface area contributed by atoms with Crippen molar-refractivity contribution in [2.75, 3.05) is 19.6 Å².